The summed E-state index contributed by atoms with van der Waals surface area (Å²) >= 11 is 0. The van der Waals surface area contributed by atoms with Gasteiger partial charge in [-0.15, -0.1) is 0 Å². The molecule has 0 N–H and O–H groups in total. The molecule has 1 unspecified atom stereocenters. The first-order valence-electron chi connectivity index (χ1n) is 4.53. The molecule has 0 saturated carbocycles. The average molecular weight is 203 g/mol. The number of hydrogen-bond donors (Lipinski definition) is 0. The fourth-order valence-corrected chi connectivity index (χ4v) is 1.46. The Morgan fingerprint density at radius 1 is 1.33 bits per heavy atom. The van der Waals surface area contributed by atoms with Gasteiger partial charge in [-0.3, -0.25) is 10.1 Å². The number of hydrogen-bond acceptors (Lipinski definition) is 4. The number of para-hydroxylation sites is 1. The van der Waals surface area contributed by atoms with Crippen molar-refractivity contribution in [1.29, 1.82) is 0 Å². The molecule has 0 aliphatic heterocycles. The average Bonchev–Trinajstić information content (AvgIpc) is 2.27. The highest BCUT2D eigenvalue weighted by atomic mass is 16.6. The molecule has 2 aromatic rings. The van der Waals surface area contributed by atoms with Gasteiger partial charge in [0.05, 0.1) is 5.52 Å². The van der Waals surface area contributed by atoms with Crippen molar-refractivity contribution in [2.75, 3.05) is 0 Å². The minimum Gasteiger partial charge on any atom is -0.264 e. The number of rotatable bonds is 2. The van der Waals surface area contributed by atoms with E-state index < -0.39 is 6.04 Å². The Labute approximate surface area is 85.9 Å². The maximum atomic E-state index is 10.7. The van der Waals surface area contributed by atoms with Gasteiger partial charge in [0.1, 0.15) is 12.0 Å². The van der Waals surface area contributed by atoms with Crippen LogP contribution in [0.3, 0.4) is 0 Å². The monoisotopic (exact) mass is 203 g/mol. The molecule has 0 amide bonds. The van der Waals surface area contributed by atoms with Crippen molar-refractivity contribution < 1.29 is 4.92 Å². The minimum atomic E-state index is -0.808. The molecule has 5 heteroatoms. The van der Waals surface area contributed by atoms with Gasteiger partial charge in [-0.05, 0) is 6.07 Å². The fraction of sp³-hybridized carbons (Fsp3) is 0.200. The lowest BCUT2D eigenvalue weighted by atomic mass is 10.1. The first-order chi connectivity index (χ1) is 7.20. The van der Waals surface area contributed by atoms with Crippen LogP contribution >= 0.6 is 0 Å². The number of fused-ring (bicyclic) bond motifs is 1. The van der Waals surface area contributed by atoms with Crippen LogP contribution in [0.4, 0.5) is 0 Å². The molecule has 0 aliphatic carbocycles. The van der Waals surface area contributed by atoms with Crippen LogP contribution in [-0.4, -0.2) is 14.9 Å². The third-order valence-electron chi connectivity index (χ3n) is 2.29. The predicted octanol–water partition coefficient (Wildman–Crippen LogP) is 1.97. The summed E-state index contributed by atoms with van der Waals surface area (Å²) in [6, 6.07) is 6.47. The molecule has 0 aliphatic rings. The smallest absolute Gasteiger partial charge is 0.252 e. The maximum Gasteiger partial charge on any atom is 0.252 e. The highest BCUT2D eigenvalue weighted by Gasteiger charge is 2.20. The molecule has 2 rings (SSSR count). The van der Waals surface area contributed by atoms with E-state index in [1.165, 1.54) is 13.3 Å². The van der Waals surface area contributed by atoms with Crippen LogP contribution in [0, 0.1) is 10.1 Å². The fourth-order valence-electron chi connectivity index (χ4n) is 1.46. The molecule has 1 heterocycles. The molecular formula is C10H9N3O2. The van der Waals surface area contributed by atoms with Crippen molar-refractivity contribution in [1.82, 2.24) is 9.97 Å². The highest BCUT2D eigenvalue weighted by molar-refractivity contribution is 5.80. The normalized spacial score (nSPS) is 12.6. The van der Waals surface area contributed by atoms with Crippen LogP contribution in [0.15, 0.2) is 30.6 Å². The van der Waals surface area contributed by atoms with Gasteiger partial charge in [0.25, 0.3) is 6.04 Å². The third-order valence-corrected chi connectivity index (χ3v) is 2.29. The second-order valence-corrected chi connectivity index (χ2v) is 3.24. The summed E-state index contributed by atoms with van der Waals surface area (Å²) in [6.07, 6.45) is 1.36. The Bertz CT molecular complexity index is 507. The lowest BCUT2D eigenvalue weighted by Gasteiger charge is -2.05. The Morgan fingerprint density at radius 2 is 2.07 bits per heavy atom. The largest absolute Gasteiger partial charge is 0.264 e. The SMILES string of the molecule is CC(c1ncnc2ccccc12)[N+](=O)[O-]. The van der Waals surface area contributed by atoms with Crippen molar-refractivity contribution in [2.24, 2.45) is 0 Å². The second kappa shape index (κ2) is 3.61. The van der Waals surface area contributed by atoms with Gasteiger partial charge in [0.15, 0.2) is 0 Å². The molecule has 15 heavy (non-hydrogen) atoms. The molecule has 1 aromatic heterocycles. The van der Waals surface area contributed by atoms with E-state index >= 15 is 0 Å². The molecule has 5 nitrogen and oxygen atoms in total. The highest BCUT2D eigenvalue weighted by Crippen LogP contribution is 2.21. The molecule has 1 aromatic carbocycles. The Kier molecular flexibility index (Phi) is 2.29. The molecule has 1 atom stereocenters. The first kappa shape index (κ1) is 9.51. The molecule has 76 valence electrons. The van der Waals surface area contributed by atoms with Gasteiger partial charge in [0, 0.05) is 17.2 Å². The van der Waals surface area contributed by atoms with Crippen molar-refractivity contribution in [3.05, 3.63) is 46.4 Å². The summed E-state index contributed by atoms with van der Waals surface area (Å²) in [5, 5.41) is 11.4. The van der Waals surface area contributed by atoms with Gasteiger partial charge in [-0.25, -0.2) is 9.97 Å². The van der Waals surface area contributed by atoms with Crippen LogP contribution < -0.4 is 0 Å². The standard InChI is InChI=1S/C10H9N3O2/c1-7(13(14)15)10-8-4-2-3-5-9(8)11-6-12-10/h2-7H,1H3. The van der Waals surface area contributed by atoms with Crippen molar-refractivity contribution >= 4 is 10.9 Å². The molecule has 0 saturated heterocycles. The van der Waals surface area contributed by atoms with E-state index in [2.05, 4.69) is 9.97 Å². The van der Waals surface area contributed by atoms with Gasteiger partial charge < -0.3 is 0 Å². The van der Waals surface area contributed by atoms with Crippen LogP contribution in [0.25, 0.3) is 10.9 Å². The van der Waals surface area contributed by atoms with E-state index in [4.69, 9.17) is 0 Å². The molecule has 0 fully saturated rings. The number of nitro groups is 1. The van der Waals surface area contributed by atoms with E-state index in [0.29, 0.717) is 5.69 Å². The lowest BCUT2D eigenvalue weighted by molar-refractivity contribution is -0.524. The van der Waals surface area contributed by atoms with Gasteiger partial charge in [-0.2, -0.15) is 0 Å². The van der Waals surface area contributed by atoms with E-state index in [0.717, 1.165) is 10.9 Å². The summed E-state index contributed by atoms with van der Waals surface area (Å²) < 4.78 is 0. The molecule has 0 radical (unpaired) electrons. The van der Waals surface area contributed by atoms with Gasteiger partial charge in [0.2, 0.25) is 0 Å². The summed E-state index contributed by atoms with van der Waals surface area (Å²) in [5.41, 5.74) is 1.20. The zero-order valence-electron chi connectivity index (χ0n) is 8.12. The summed E-state index contributed by atoms with van der Waals surface area (Å²) in [7, 11) is 0. The van der Waals surface area contributed by atoms with E-state index in [1.54, 1.807) is 6.07 Å². The molecular weight excluding hydrogens is 194 g/mol. The minimum absolute atomic E-state index is 0.352. The zero-order chi connectivity index (χ0) is 10.8. The lowest BCUT2D eigenvalue weighted by Crippen LogP contribution is -2.08. The van der Waals surface area contributed by atoms with Crippen LogP contribution in [-0.2, 0) is 0 Å². The number of aromatic nitrogens is 2. The molecule has 0 spiro atoms. The maximum absolute atomic E-state index is 10.7. The summed E-state index contributed by atoms with van der Waals surface area (Å²) in [5.74, 6) is 0. The predicted molar refractivity (Wildman–Crippen MR) is 54.9 cm³/mol. The quantitative estimate of drug-likeness (QED) is 0.552. The Hall–Kier alpha value is -2.04. The zero-order valence-corrected chi connectivity index (χ0v) is 8.12. The second-order valence-electron chi connectivity index (χ2n) is 3.24. The van der Waals surface area contributed by atoms with E-state index in [1.807, 2.05) is 18.2 Å². The third kappa shape index (κ3) is 1.63. The van der Waals surface area contributed by atoms with Crippen molar-refractivity contribution in [2.45, 2.75) is 13.0 Å². The topological polar surface area (TPSA) is 68.9 Å². The Balaban J connectivity index is 2.65. The van der Waals surface area contributed by atoms with Crippen molar-refractivity contribution in [3.63, 3.8) is 0 Å². The summed E-state index contributed by atoms with van der Waals surface area (Å²) in [4.78, 5) is 18.4. The summed E-state index contributed by atoms with van der Waals surface area (Å²) in [6.45, 7) is 1.52. The number of benzene rings is 1. The van der Waals surface area contributed by atoms with Crippen molar-refractivity contribution in [3.8, 4) is 0 Å². The van der Waals surface area contributed by atoms with Gasteiger partial charge in [-0.1, -0.05) is 18.2 Å². The van der Waals surface area contributed by atoms with E-state index in [-0.39, 0.29) is 4.92 Å². The Morgan fingerprint density at radius 3 is 2.80 bits per heavy atom. The van der Waals surface area contributed by atoms with Crippen LogP contribution in [0.1, 0.15) is 18.7 Å². The van der Waals surface area contributed by atoms with E-state index in [9.17, 15) is 10.1 Å². The number of nitrogens with zero attached hydrogens (tertiary/aromatic N) is 3. The molecule has 0 bridgehead atoms. The first-order valence-corrected chi connectivity index (χ1v) is 4.53. The van der Waals surface area contributed by atoms with Crippen LogP contribution in [0.2, 0.25) is 0 Å². The van der Waals surface area contributed by atoms with Gasteiger partial charge >= 0.3 is 0 Å². The van der Waals surface area contributed by atoms with Crippen LogP contribution in [0.5, 0.6) is 0 Å².